The third-order valence-electron chi connectivity index (χ3n) is 4.75. The van der Waals surface area contributed by atoms with Gasteiger partial charge in [0.1, 0.15) is 17.9 Å². The number of hydrogen-bond donors (Lipinski definition) is 0. The number of rotatable bonds is 5. The summed E-state index contributed by atoms with van der Waals surface area (Å²) in [5, 5.41) is 0. The molecule has 2 amide bonds. The van der Waals surface area contributed by atoms with E-state index in [0.29, 0.717) is 5.92 Å². The third-order valence-corrected chi connectivity index (χ3v) is 4.75. The van der Waals surface area contributed by atoms with Crippen molar-refractivity contribution >= 4 is 12.0 Å². The number of likely N-dealkylation sites (tertiary alicyclic amines) is 1. The lowest BCUT2D eigenvalue weighted by Gasteiger charge is -2.33. The zero-order valence-corrected chi connectivity index (χ0v) is 17.2. The van der Waals surface area contributed by atoms with Gasteiger partial charge in [0.2, 0.25) is 5.91 Å². The number of piperidine rings is 1. The fourth-order valence-corrected chi connectivity index (χ4v) is 3.28. The van der Waals surface area contributed by atoms with E-state index in [0.717, 1.165) is 38.1 Å². The molecule has 0 spiro atoms. The molecular weight excluding hydrogens is 344 g/mol. The number of nitrogens with zero attached hydrogens (tertiary/aromatic N) is 2. The lowest BCUT2D eigenvalue weighted by molar-refractivity contribution is -0.133. The minimum Gasteiger partial charge on any atom is -0.496 e. The van der Waals surface area contributed by atoms with Crippen LogP contribution in [0.4, 0.5) is 4.79 Å². The van der Waals surface area contributed by atoms with Crippen molar-refractivity contribution in [3.63, 3.8) is 0 Å². The Kier molecular flexibility index (Phi) is 7.11. The molecule has 1 aliphatic heterocycles. The molecule has 6 nitrogen and oxygen atoms in total. The van der Waals surface area contributed by atoms with Crippen LogP contribution in [0.2, 0.25) is 0 Å². The summed E-state index contributed by atoms with van der Waals surface area (Å²) in [6, 6.07) is 8.10. The normalized spacial score (nSPS) is 15.4. The van der Waals surface area contributed by atoms with Gasteiger partial charge in [-0.2, -0.15) is 0 Å². The minimum atomic E-state index is -0.564. The van der Waals surface area contributed by atoms with Gasteiger partial charge in [-0.3, -0.25) is 4.79 Å². The standard InChI is InChI=1S/C21H32N2O4/c1-21(2,3)27-20(25)22(4)15-19(24)23-12-10-16(11-13-23)14-17-8-6-7-9-18(17)26-5/h6-9,16H,10-15H2,1-5H3. The lowest BCUT2D eigenvalue weighted by atomic mass is 9.90. The Morgan fingerprint density at radius 1 is 1.19 bits per heavy atom. The van der Waals surface area contributed by atoms with Crippen molar-refractivity contribution < 1.29 is 19.1 Å². The smallest absolute Gasteiger partial charge is 0.410 e. The molecule has 2 rings (SSSR count). The average molecular weight is 376 g/mol. The lowest BCUT2D eigenvalue weighted by Crippen LogP contribution is -2.45. The number of ether oxygens (including phenoxy) is 2. The van der Waals surface area contributed by atoms with Crippen LogP contribution in [0, 0.1) is 5.92 Å². The number of hydrogen-bond acceptors (Lipinski definition) is 4. The first-order valence-corrected chi connectivity index (χ1v) is 9.53. The summed E-state index contributed by atoms with van der Waals surface area (Å²) in [6.45, 7) is 6.93. The highest BCUT2D eigenvalue weighted by Gasteiger charge is 2.26. The summed E-state index contributed by atoms with van der Waals surface area (Å²) in [4.78, 5) is 27.7. The minimum absolute atomic E-state index is 0.0286. The van der Waals surface area contributed by atoms with Gasteiger partial charge in [0.05, 0.1) is 7.11 Å². The van der Waals surface area contributed by atoms with Gasteiger partial charge in [0.25, 0.3) is 0 Å². The van der Waals surface area contributed by atoms with Crippen molar-refractivity contribution in [1.29, 1.82) is 0 Å². The summed E-state index contributed by atoms with van der Waals surface area (Å²) in [5.74, 6) is 1.43. The Morgan fingerprint density at radius 2 is 1.81 bits per heavy atom. The molecule has 1 aromatic carbocycles. The van der Waals surface area contributed by atoms with Crippen LogP contribution >= 0.6 is 0 Å². The first kappa shape index (κ1) is 21.1. The molecule has 27 heavy (non-hydrogen) atoms. The number of carbonyl (C=O) groups excluding carboxylic acids is 2. The van der Waals surface area contributed by atoms with Crippen molar-refractivity contribution in [2.45, 2.75) is 45.6 Å². The van der Waals surface area contributed by atoms with E-state index >= 15 is 0 Å². The van der Waals surface area contributed by atoms with Gasteiger partial charge in [0, 0.05) is 20.1 Å². The highest BCUT2D eigenvalue weighted by Crippen LogP contribution is 2.26. The molecule has 0 bridgehead atoms. The maximum Gasteiger partial charge on any atom is 0.410 e. The monoisotopic (exact) mass is 376 g/mol. The van der Waals surface area contributed by atoms with Crippen LogP contribution in [0.5, 0.6) is 5.75 Å². The molecule has 1 saturated heterocycles. The Bertz CT molecular complexity index is 646. The van der Waals surface area contributed by atoms with E-state index < -0.39 is 11.7 Å². The molecule has 1 aromatic rings. The quantitative estimate of drug-likeness (QED) is 0.791. The van der Waals surface area contributed by atoms with Crippen LogP contribution in [0.3, 0.4) is 0 Å². The first-order valence-electron chi connectivity index (χ1n) is 9.53. The van der Waals surface area contributed by atoms with E-state index in [9.17, 15) is 9.59 Å². The highest BCUT2D eigenvalue weighted by atomic mass is 16.6. The fourth-order valence-electron chi connectivity index (χ4n) is 3.28. The van der Waals surface area contributed by atoms with Crippen LogP contribution in [-0.2, 0) is 16.0 Å². The summed E-state index contributed by atoms with van der Waals surface area (Å²) in [7, 11) is 3.29. The Balaban J connectivity index is 1.81. The van der Waals surface area contributed by atoms with Crippen LogP contribution in [0.25, 0.3) is 0 Å². The molecule has 0 radical (unpaired) electrons. The zero-order chi connectivity index (χ0) is 20.0. The van der Waals surface area contributed by atoms with Gasteiger partial charge < -0.3 is 19.3 Å². The predicted octanol–water partition coefficient (Wildman–Crippen LogP) is 3.34. The van der Waals surface area contributed by atoms with Gasteiger partial charge in [-0.15, -0.1) is 0 Å². The van der Waals surface area contributed by atoms with E-state index in [4.69, 9.17) is 9.47 Å². The summed E-state index contributed by atoms with van der Waals surface area (Å²) in [6.07, 6.45) is 2.41. The van der Waals surface area contributed by atoms with Crippen molar-refractivity contribution in [2.24, 2.45) is 5.92 Å². The third kappa shape index (κ3) is 6.45. The molecule has 150 valence electrons. The predicted molar refractivity (Wildman–Crippen MR) is 105 cm³/mol. The van der Waals surface area contributed by atoms with Gasteiger partial charge in [0.15, 0.2) is 0 Å². The molecule has 1 heterocycles. The number of benzene rings is 1. The van der Waals surface area contributed by atoms with Crippen molar-refractivity contribution in [3.8, 4) is 5.75 Å². The van der Waals surface area contributed by atoms with Crippen molar-refractivity contribution in [2.75, 3.05) is 33.8 Å². The number of likely N-dealkylation sites (N-methyl/N-ethyl adjacent to an activating group) is 1. The van der Waals surface area contributed by atoms with Crippen LogP contribution in [0.1, 0.15) is 39.2 Å². The summed E-state index contributed by atoms with van der Waals surface area (Å²) < 4.78 is 10.7. The number of methoxy groups -OCH3 is 1. The fraction of sp³-hybridized carbons (Fsp3) is 0.619. The molecule has 0 saturated carbocycles. The van der Waals surface area contributed by atoms with Crippen LogP contribution in [0.15, 0.2) is 24.3 Å². The van der Waals surface area contributed by atoms with E-state index in [1.807, 2.05) is 43.9 Å². The number of para-hydroxylation sites is 1. The zero-order valence-electron chi connectivity index (χ0n) is 17.2. The number of amides is 2. The second kappa shape index (κ2) is 9.11. The molecule has 0 N–H and O–H groups in total. The summed E-state index contributed by atoms with van der Waals surface area (Å²) >= 11 is 0. The Labute approximate surface area is 162 Å². The molecule has 6 heteroatoms. The second-order valence-corrected chi connectivity index (χ2v) is 8.18. The van der Waals surface area contributed by atoms with Crippen LogP contribution < -0.4 is 4.74 Å². The second-order valence-electron chi connectivity index (χ2n) is 8.18. The maximum atomic E-state index is 12.5. The molecule has 0 aliphatic carbocycles. The van der Waals surface area contributed by atoms with E-state index in [1.165, 1.54) is 10.5 Å². The van der Waals surface area contributed by atoms with Crippen LogP contribution in [-0.4, -0.2) is 61.2 Å². The van der Waals surface area contributed by atoms with Crippen molar-refractivity contribution in [3.05, 3.63) is 29.8 Å². The molecule has 0 unspecified atom stereocenters. The largest absolute Gasteiger partial charge is 0.496 e. The van der Waals surface area contributed by atoms with Gasteiger partial charge >= 0.3 is 6.09 Å². The maximum absolute atomic E-state index is 12.5. The topological polar surface area (TPSA) is 59.1 Å². The van der Waals surface area contributed by atoms with Gasteiger partial charge in [-0.05, 0) is 57.6 Å². The van der Waals surface area contributed by atoms with E-state index in [-0.39, 0.29) is 12.5 Å². The Morgan fingerprint density at radius 3 is 2.41 bits per heavy atom. The molecule has 1 aliphatic rings. The van der Waals surface area contributed by atoms with E-state index in [2.05, 4.69) is 6.07 Å². The molecule has 0 atom stereocenters. The first-order chi connectivity index (χ1) is 12.7. The van der Waals surface area contributed by atoms with Gasteiger partial charge in [-0.25, -0.2) is 4.79 Å². The number of carbonyl (C=O) groups is 2. The molecule has 1 fully saturated rings. The Hall–Kier alpha value is -2.24. The van der Waals surface area contributed by atoms with E-state index in [1.54, 1.807) is 14.2 Å². The summed E-state index contributed by atoms with van der Waals surface area (Å²) in [5.41, 5.74) is 0.653. The average Bonchev–Trinajstić information content (AvgIpc) is 2.61. The van der Waals surface area contributed by atoms with Gasteiger partial charge in [-0.1, -0.05) is 18.2 Å². The van der Waals surface area contributed by atoms with Crippen molar-refractivity contribution in [1.82, 2.24) is 9.80 Å². The SMILES string of the molecule is COc1ccccc1CC1CCN(C(=O)CN(C)C(=O)OC(C)(C)C)CC1. The molecule has 0 aromatic heterocycles. The molecular formula is C21H32N2O4. The highest BCUT2D eigenvalue weighted by molar-refractivity contribution is 5.82.